The number of furan rings is 1. The smallest absolute Gasteiger partial charge is 0.417 e. The lowest BCUT2D eigenvalue weighted by atomic mass is 10.2. The van der Waals surface area contributed by atoms with E-state index in [-0.39, 0.29) is 15.8 Å². The van der Waals surface area contributed by atoms with Crippen molar-refractivity contribution >= 4 is 34.6 Å². The van der Waals surface area contributed by atoms with E-state index >= 15 is 0 Å². The van der Waals surface area contributed by atoms with Crippen LogP contribution in [0.4, 0.5) is 18.9 Å². The molecule has 146 valence electrons. The van der Waals surface area contributed by atoms with Gasteiger partial charge >= 0.3 is 6.18 Å². The molecule has 1 N–H and O–H groups in total. The van der Waals surface area contributed by atoms with E-state index in [0.29, 0.717) is 18.8 Å². The monoisotopic (exact) mass is 425 g/mol. The van der Waals surface area contributed by atoms with Crippen LogP contribution >= 0.6 is 23.8 Å². The molecule has 0 aliphatic heterocycles. The van der Waals surface area contributed by atoms with Crippen molar-refractivity contribution in [1.82, 2.24) is 9.88 Å². The highest BCUT2D eigenvalue weighted by Crippen LogP contribution is 2.36. The van der Waals surface area contributed by atoms with Crippen LogP contribution in [0.1, 0.15) is 17.0 Å². The molecule has 0 unspecified atom stereocenters. The molecule has 2 aromatic heterocycles. The van der Waals surface area contributed by atoms with Crippen LogP contribution in [-0.2, 0) is 19.3 Å². The van der Waals surface area contributed by atoms with Gasteiger partial charge in [0.25, 0.3) is 0 Å². The molecule has 9 heteroatoms. The number of anilines is 1. The van der Waals surface area contributed by atoms with Gasteiger partial charge in [0.1, 0.15) is 5.76 Å². The lowest BCUT2D eigenvalue weighted by molar-refractivity contribution is -0.137. The van der Waals surface area contributed by atoms with Crippen LogP contribution in [0.3, 0.4) is 0 Å². The summed E-state index contributed by atoms with van der Waals surface area (Å²) in [5.41, 5.74) is 0.0155. The summed E-state index contributed by atoms with van der Waals surface area (Å²) in [5.74, 6) is 0.659. The first-order valence-corrected chi connectivity index (χ1v) is 8.96. The zero-order chi connectivity index (χ0) is 20.1. The fourth-order valence-corrected chi connectivity index (χ4v) is 2.97. The SMILES string of the molecule is FC(F)(F)c1cc(NC(=S)N(Cc2ccccn2)Cc2ccco2)ccc1Cl. The molecule has 0 radical (unpaired) electrons. The molecule has 28 heavy (non-hydrogen) atoms. The number of hydrogen-bond acceptors (Lipinski definition) is 3. The number of nitrogens with one attached hydrogen (secondary N) is 1. The fourth-order valence-electron chi connectivity index (χ4n) is 2.50. The zero-order valence-corrected chi connectivity index (χ0v) is 16.0. The van der Waals surface area contributed by atoms with Crippen LogP contribution < -0.4 is 5.32 Å². The van der Waals surface area contributed by atoms with E-state index in [1.165, 1.54) is 12.1 Å². The molecular formula is C19H15ClF3N3OS. The van der Waals surface area contributed by atoms with Crippen LogP contribution in [0.15, 0.2) is 65.4 Å². The van der Waals surface area contributed by atoms with Gasteiger partial charge in [-0.25, -0.2) is 0 Å². The second-order valence-corrected chi connectivity index (χ2v) is 6.67. The minimum Gasteiger partial charge on any atom is -0.467 e. The van der Waals surface area contributed by atoms with Crippen molar-refractivity contribution in [3.05, 3.63) is 83.0 Å². The van der Waals surface area contributed by atoms with E-state index in [4.69, 9.17) is 28.2 Å². The molecule has 1 aromatic carbocycles. The Balaban J connectivity index is 1.81. The van der Waals surface area contributed by atoms with Crippen LogP contribution in [0, 0.1) is 0 Å². The second kappa shape index (κ2) is 8.62. The predicted octanol–water partition coefficient (Wildman–Crippen LogP) is 5.75. The highest BCUT2D eigenvalue weighted by molar-refractivity contribution is 7.80. The standard InChI is InChI=1S/C19H15ClF3N3OS/c20-17-7-6-13(10-16(17)19(21,22)23)25-18(28)26(12-15-5-3-9-27-15)11-14-4-1-2-8-24-14/h1-10H,11-12H2,(H,25,28). The molecule has 2 heterocycles. The summed E-state index contributed by atoms with van der Waals surface area (Å²) in [5, 5.41) is 2.71. The third-order valence-electron chi connectivity index (χ3n) is 3.82. The number of aromatic nitrogens is 1. The van der Waals surface area contributed by atoms with Gasteiger partial charge in [-0.15, -0.1) is 0 Å². The lowest BCUT2D eigenvalue weighted by Gasteiger charge is -2.25. The number of pyridine rings is 1. The van der Waals surface area contributed by atoms with Crippen LogP contribution in [-0.4, -0.2) is 15.0 Å². The highest BCUT2D eigenvalue weighted by atomic mass is 35.5. The summed E-state index contributed by atoms with van der Waals surface area (Å²) in [7, 11) is 0. The maximum atomic E-state index is 13.1. The van der Waals surface area contributed by atoms with Crippen LogP contribution in [0.5, 0.6) is 0 Å². The van der Waals surface area contributed by atoms with Crippen molar-refractivity contribution in [2.45, 2.75) is 19.3 Å². The van der Waals surface area contributed by atoms with E-state index in [2.05, 4.69) is 10.3 Å². The predicted molar refractivity (Wildman–Crippen MR) is 105 cm³/mol. The Kier molecular flexibility index (Phi) is 6.21. The molecule has 4 nitrogen and oxygen atoms in total. The maximum Gasteiger partial charge on any atom is 0.417 e. The van der Waals surface area contributed by atoms with E-state index in [1.54, 1.807) is 35.6 Å². The molecule has 0 fully saturated rings. The number of hydrogen-bond donors (Lipinski definition) is 1. The summed E-state index contributed by atoms with van der Waals surface area (Å²) in [6.45, 7) is 0.683. The Bertz CT molecular complexity index is 933. The maximum absolute atomic E-state index is 13.1. The molecule has 3 aromatic rings. The molecule has 0 aliphatic carbocycles. The van der Waals surface area contributed by atoms with Gasteiger partial charge in [0.15, 0.2) is 5.11 Å². The summed E-state index contributed by atoms with van der Waals surface area (Å²) < 4.78 is 44.6. The number of rotatable bonds is 5. The first-order valence-electron chi connectivity index (χ1n) is 8.18. The molecule has 0 amide bonds. The largest absolute Gasteiger partial charge is 0.467 e. The van der Waals surface area contributed by atoms with Crippen molar-refractivity contribution in [2.75, 3.05) is 5.32 Å². The van der Waals surface area contributed by atoms with Gasteiger partial charge in [0.05, 0.1) is 35.6 Å². The fraction of sp³-hybridized carbons (Fsp3) is 0.158. The zero-order valence-electron chi connectivity index (χ0n) is 14.4. The molecule has 0 saturated heterocycles. The van der Waals surface area contributed by atoms with Crippen molar-refractivity contribution in [2.24, 2.45) is 0 Å². The van der Waals surface area contributed by atoms with Crippen molar-refractivity contribution in [3.63, 3.8) is 0 Å². The minimum absolute atomic E-state index is 0.187. The Morgan fingerprint density at radius 3 is 2.61 bits per heavy atom. The van der Waals surface area contributed by atoms with E-state index in [0.717, 1.165) is 11.8 Å². The van der Waals surface area contributed by atoms with Gasteiger partial charge in [-0.05, 0) is 54.7 Å². The van der Waals surface area contributed by atoms with E-state index in [9.17, 15) is 13.2 Å². The van der Waals surface area contributed by atoms with E-state index < -0.39 is 11.7 Å². The topological polar surface area (TPSA) is 41.3 Å². The van der Waals surface area contributed by atoms with Crippen molar-refractivity contribution in [1.29, 1.82) is 0 Å². The molecule has 0 spiro atoms. The van der Waals surface area contributed by atoms with Gasteiger partial charge in [0.2, 0.25) is 0 Å². The normalized spacial score (nSPS) is 11.3. The van der Waals surface area contributed by atoms with Gasteiger partial charge in [-0.2, -0.15) is 13.2 Å². The summed E-state index contributed by atoms with van der Waals surface area (Å²) in [6.07, 6.45) is -1.36. The molecule has 3 rings (SSSR count). The molecule has 0 bridgehead atoms. The quantitative estimate of drug-likeness (QED) is 0.527. The van der Waals surface area contributed by atoms with Crippen LogP contribution in [0.25, 0.3) is 0 Å². The Labute approximate surface area is 169 Å². The number of alkyl halides is 3. The molecule has 0 atom stereocenters. The van der Waals surface area contributed by atoms with Crippen LogP contribution in [0.2, 0.25) is 5.02 Å². The second-order valence-electron chi connectivity index (χ2n) is 5.88. The molecule has 0 saturated carbocycles. The Morgan fingerprint density at radius 1 is 1.14 bits per heavy atom. The number of nitrogens with zero attached hydrogens (tertiary/aromatic N) is 2. The van der Waals surface area contributed by atoms with Crippen molar-refractivity contribution in [3.8, 4) is 0 Å². The third-order valence-corrected chi connectivity index (χ3v) is 4.51. The Hall–Kier alpha value is -2.58. The number of thiocarbonyl (C=S) groups is 1. The van der Waals surface area contributed by atoms with Gasteiger partial charge in [-0.1, -0.05) is 17.7 Å². The third kappa shape index (κ3) is 5.24. The van der Waals surface area contributed by atoms with Gasteiger partial charge in [-0.3, -0.25) is 4.98 Å². The minimum atomic E-state index is -4.56. The van der Waals surface area contributed by atoms with Gasteiger partial charge < -0.3 is 14.6 Å². The highest BCUT2D eigenvalue weighted by Gasteiger charge is 2.33. The first kappa shape index (κ1) is 20.2. The average molecular weight is 426 g/mol. The first-order chi connectivity index (χ1) is 13.3. The van der Waals surface area contributed by atoms with Gasteiger partial charge in [0, 0.05) is 11.9 Å². The number of benzene rings is 1. The number of halogens is 4. The Morgan fingerprint density at radius 2 is 1.96 bits per heavy atom. The van der Waals surface area contributed by atoms with E-state index in [1.807, 2.05) is 12.1 Å². The lowest BCUT2D eigenvalue weighted by Crippen LogP contribution is -2.34. The summed E-state index contributed by atoms with van der Waals surface area (Å²) in [6, 6.07) is 12.6. The summed E-state index contributed by atoms with van der Waals surface area (Å²) in [4.78, 5) is 6.02. The molecule has 0 aliphatic rings. The molecular weight excluding hydrogens is 411 g/mol. The summed E-state index contributed by atoms with van der Waals surface area (Å²) >= 11 is 11.1. The van der Waals surface area contributed by atoms with Crippen molar-refractivity contribution < 1.29 is 17.6 Å². The average Bonchev–Trinajstić information content (AvgIpc) is 3.16.